The second-order valence-electron chi connectivity index (χ2n) is 5.39. The van der Waals surface area contributed by atoms with E-state index in [0.29, 0.717) is 39.9 Å². The van der Waals surface area contributed by atoms with Crippen molar-refractivity contribution in [3.63, 3.8) is 0 Å². The van der Waals surface area contributed by atoms with Crippen LogP contribution in [0.1, 0.15) is 10.4 Å². The predicted molar refractivity (Wildman–Crippen MR) is 101 cm³/mol. The van der Waals surface area contributed by atoms with Crippen LogP contribution in [0.4, 0.5) is 5.82 Å². The summed E-state index contributed by atoms with van der Waals surface area (Å²) in [6, 6.07) is 11.9. The fourth-order valence-corrected chi connectivity index (χ4v) is 2.57. The quantitative estimate of drug-likeness (QED) is 0.613. The van der Waals surface area contributed by atoms with Crippen LogP contribution in [-0.4, -0.2) is 29.9 Å². The number of methoxy groups -OCH3 is 1. The number of nitrogens with zero attached hydrogens (tertiary/aromatic N) is 2. The summed E-state index contributed by atoms with van der Waals surface area (Å²) in [4.78, 5) is 12.5. The molecule has 0 bridgehead atoms. The average molecular weight is 386 g/mol. The molecule has 0 spiro atoms. The summed E-state index contributed by atoms with van der Waals surface area (Å²) in [5.74, 6) is 0.971. The first-order valence-electron chi connectivity index (χ1n) is 7.94. The van der Waals surface area contributed by atoms with Gasteiger partial charge < -0.3 is 14.8 Å². The molecule has 0 radical (unpaired) electrons. The van der Waals surface area contributed by atoms with Crippen LogP contribution in [0.3, 0.4) is 0 Å². The van der Waals surface area contributed by atoms with E-state index in [-0.39, 0.29) is 5.82 Å². The number of aromatic nitrogens is 2. The number of nitrogens with one attached hydrogen (secondary N) is 1. The lowest BCUT2D eigenvalue weighted by Gasteiger charge is -2.07. The van der Waals surface area contributed by atoms with E-state index in [1.54, 1.807) is 42.5 Å². The first-order valence-corrected chi connectivity index (χ1v) is 8.31. The van der Waals surface area contributed by atoms with E-state index >= 15 is 0 Å². The highest BCUT2D eigenvalue weighted by Gasteiger charge is 2.17. The Labute approximate surface area is 160 Å². The Balaban J connectivity index is 1.77. The third-order valence-electron chi connectivity index (χ3n) is 3.63. The minimum Gasteiger partial charge on any atom is -0.495 e. The van der Waals surface area contributed by atoms with Crippen molar-refractivity contribution in [2.45, 2.75) is 0 Å². The summed E-state index contributed by atoms with van der Waals surface area (Å²) in [6.45, 7) is 4.02. The molecule has 1 amide bonds. The third kappa shape index (κ3) is 4.27. The first-order chi connectivity index (χ1) is 13.1. The molecule has 1 heterocycles. The maximum absolute atomic E-state index is 12.5. The van der Waals surface area contributed by atoms with Gasteiger partial charge in [-0.15, -0.1) is 0 Å². The first kappa shape index (κ1) is 18.5. The van der Waals surface area contributed by atoms with Gasteiger partial charge in [-0.25, -0.2) is 4.63 Å². The van der Waals surface area contributed by atoms with Crippen molar-refractivity contribution in [1.29, 1.82) is 0 Å². The van der Waals surface area contributed by atoms with Crippen molar-refractivity contribution in [2.24, 2.45) is 0 Å². The average Bonchev–Trinajstić information content (AvgIpc) is 3.14. The molecule has 1 aromatic heterocycles. The number of ether oxygens (including phenoxy) is 2. The minimum absolute atomic E-state index is 0.201. The molecule has 1 N–H and O–H groups in total. The molecule has 0 aliphatic carbocycles. The van der Waals surface area contributed by atoms with Crippen molar-refractivity contribution in [2.75, 3.05) is 19.0 Å². The Morgan fingerprint density at radius 3 is 2.70 bits per heavy atom. The normalized spacial score (nSPS) is 10.3. The summed E-state index contributed by atoms with van der Waals surface area (Å²) < 4.78 is 15.3. The molecule has 0 aliphatic heterocycles. The molecule has 0 saturated heterocycles. The van der Waals surface area contributed by atoms with Gasteiger partial charge in [-0.05, 0) is 52.8 Å². The lowest BCUT2D eigenvalue weighted by Crippen LogP contribution is -2.13. The van der Waals surface area contributed by atoms with E-state index in [0.717, 1.165) is 0 Å². The Kier molecular flexibility index (Phi) is 5.73. The Morgan fingerprint density at radius 2 is 2.04 bits per heavy atom. The van der Waals surface area contributed by atoms with Crippen molar-refractivity contribution in [1.82, 2.24) is 10.3 Å². The van der Waals surface area contributed by atoms with E-state index in [1.807, 2.05) is 0 Å². The van der Waals surface area contributed by atoms with Crippen LogP contribution >= 0.6 is 11.6 Å². The molecule has 0 aliphatic rings. The van der Waals surface area contributed by atoms with Crippen LogP contribution in [-0.2, 0) is 0 Å². The topological polar surface area (TPSA) is 86.5 Å². The van der Waals surface area contributed by atoms with Crippen LogP contribution in [0, 0.1) is 0 Å². The largest absolute Gasteiger partial charge is 0.495 e. The monoisotopic (exact) mass is 385 g/mol. The van der Waals surface area contributed by atoms with E-state index in [4.69, 9.17) is 25.7 Å². The number of halogens is 1. The molecule has 3 rings (SSSR count). The van der Waals surface area contributed by atoms with Gasteiger partial charge in [0.05, 0.1) is 12.1 Å². The molecule has 0 saturated carbocycles. The van der Waals surface area contributed by atoms with Crippen LogP contribution < -0.4 is 14.8 Å². The number of carbonyl (C=O) groups is 1. The van der Waals surface area contributed by atoms with Crippen molar-refractivity contribution < 1.29 is 18.9 Å². The highest BCUT2D eigenvalue weighted by molar-refractivity contribution is 6.32. The number of anilines is 1. The van der Waals surface area contributed by atoms with Gasteiger partial charge in [-0.1, -0.05) is 24.3 Å². The molecule has 8 heteroatoms. The number of hydrogen-bond donors (Lipinski definition) is 1. The van der Waals surface area contributed by atoms with Gasteiger partial charge in [0.25, 0.3) is 5.91 Å². The number of amides is 1. The minimum atomic E-state index is -0.401. The molecule has 3 aromatic rings. The standard InChI is InChI=1S/C19H16ClN3O4/c1-3-10-26-14-7-4-12(5-8-14)17-18(23-27-22-17)21-19(24)13-6-9-16(25-2)15(20)11-13/h3-9,11H,1,10H2,2H3,(H,21,23,24). The van der Waals surface area contributed by atoms with E-state index in [9.17, 15) is 4.79 Å². The molecule has 138 valence electrons. The van der Waals surface area contributed by atoms with E-state index in [2.05, 4.69) is 22.2 Å². The summed E-state index contributed by atoms with van der Waals surface area (Å²) in [7, 11) is 1.50. The second-order valence-corrected chi connectivity index (χ2v) is 5.80. The lowest BCUT2D eigenvalue weighted by atomic mass is 10.1. The maximum Gasteiger partial charge on any atom is 0.257 e. The van der Waals surface area contributed by atoms with Gasteiger partial charge in [0, 0.05) is 11.1 Å². The van der Waals surface area contributed by atoms with Crippen molar-refractivity contribution >= 4 is 23.3 Å². The summed E-state index contributed by atoms with van der Waals surface area (Å²) >= 11 is 6.06. The fraction of sp³-hybridized carbons (Fsp3) is 0.105. The van der Waals surface area contributed by atoms with Gasteiger partial charge >= 0.3 is 0 Å². The Bertz CT molecular complexity index is 954. The van der Waals surface area contributed by atoms with E-state index < -0.39 is 5.91 Å². The van der Waals surface area contributed by atoms with Gasteiger partial charge in [0.15, 0.2) is 5.69 Å². The summed E-state index contributed by atoms with van der Waals surface area (Å²) in [5, 5.41) is 10.6. The zero-order valence-electron chi connectivity index (χ0n) is 14.4. The number of rotatable bonds is 7. The van der Waals surface area contributed by atoms with Gasteiger partial charge in [0.2, 0.25) is 5.82 Å². The SMILES string of the molecule is C=CCOc1ccc(-c2nonc2NC(=O)c2ccc(OC)c(Cl)c2)cc1. The van der Waals surface area contributed by atoms with Crippen molar-refractivity contribution in [3.05, 3.63) is 65.7 Å². The number of benzene rings is 2. The van der Waals surface area contributed by atoms with Gasteiger partial charge in [0.1, 0.15) is 18.1 Å². The van der Waals surface area contributed by atoms with Crippen molar-refractivity contribution in [3.8, 4) is 22.8 Å². The molecular formula is C19H16ClN3O4. The Morgan fingerprint density at radius 1 is 1.26 bits per heavy atom. The Hall–Kier alpha value is -3.32. The van der Waals surface area contributed by atoms with E-state index in [1.165, 1.54) is 13.2 Å². The summed E-state index contributed by atoms with van der Waals surface area (Å²) in [5.41, 5.74) is 1.46. The van der Waals surface area contributed by atoms with Gasteiger partial charge in [-0.2, -0.15) is 0 Å². The molecule has 0 atom stereocenters. The van der Waals surface area contributed by atoms with Gasteiger partial charge in [-0.3, -0.25) is 4.79 Å². The zero-order valence-corrected chi connectivity index (χ0v) is 15.2. The molecule has 0 unspecified atom stereocenters. The molecule has 2 aromatic carbocycles. The second kappa shape index (κ2) is 8.37. The smallest absolute Gasteiger partial charge is 0.257 e. The molecule has 7 nitrogen and oxygen atoms in total. The zero-order chi connectivity index (χ0) is 19.2. The fourth-order valence-electron chi connectivity index (χ4n) is 2.31. The molecule has 27 heavy (non-hydrogen) atoms. The van der Waals surface area contributed by atoms with Crippen LogP contribution in [0.2, 0.25) is 5.02 Å². The summed E-state index contributed by atoms with van der Waals surface area (Å²) in [6.07, 6.45) is 1.66. The molecule has 0 fully saturated rings. The third-order valence-corrected chi connectivity index (χ3v) is 3.93. The van der Waals surface area contributed by atoms with Crippen LogP contribution in [0.25, 0.3) is 11.3 Å². The maximum atomic E-state index is 12.5. The van der Waals surface area contributed by atoms with Crippen LogP contribution in [0.5, 0.6) is 11.5 Å². The predicted octanol–water partition coefficient (Wildman–Crippen LogP) is 4.22. The highest BCUT2D eigenvalue weighted by atomic mass is 35.5. The lowest BCUT2D eigenvalue weighted by molar-refractivity contribution is 0.102. The molecular weight excluding hydrogens is 370 g/mol. The highest BCUT2D eigenvalue weighted by Crippen LogP contribution is 2.28. The van der Waals surface area contributed by atoms with Crippen LogP contribution in [0.15, 0.2) is 59.7 Å². The number of carbonyl (C=O) groups excluding carboxylic acids is 1. The number of hydrogen-bond acceptors (Lipinski definition) is 6.